The molecule has 1 saturated heterocycles. The van der Waals surface area contributed by atoms with E-state index in [2.05, 4.69) is 15.4 Å². The summed E-state index contributed by atoms with van der Waals surface area (Å²) in [4.78, 5) is 44.4. The fourth-order valence-corrected chi connectivity index (χ4v) is 6.17. The largest absolute Gasteiger partial charge is 0.486 e. The lowest BCUT2D eigenvalue weighted by molar-refractivity contribution is -0.140. The Morgan fingerprint density at radius 1 is 1.27 bits per heavy atom. The van der Waals surface area contributed by atoms with Gasteiger partial charge in [-0.3, -0.25) is 19.1 Å². The number of carbonyl (C=O) groups excluding carboxylic acids is 3. The van der Waals surface area contributed by atoms with Crippen LogP contribution in [0.5, 0.6) is 5.75 Å². The number of hydrogen-bond acceptors (Lipinski definition) is 7. The zero-order valence-electron chi connectivity index (χ0n) is 19.6. The molecule has 3 N–H and O–H groups in total. The lowest BCUT2D eigenvalue weighted by atomic mass is 10.1. The molecule has 3 aromatic rings. The number of amides is 3. The topological polar surface area (TPSA) is 132 Å². The fourth-order valence-electron chi connectivity index (χ4n) is 5.11. The molecule has 2 aliphatic carbocycles. The number of benzene rings is 1. The summed E-state index contributed by atoms with van der Waals surface area (Å²) in [6.45, 7) is 0.559. The molecular weight excluding hydrogens is 539 g/mol. The lowest BCUT2D eigenvalue weighted by Crippen LogP contribution is -2.49. The van der Waals surface area contributed by atoms with Crippen LogP contribution in [0.2, 0.25) is 0 Å². The molecule has 6 rings (SSSR count). The van der Waals surface area contributed by atoms with Gasteiger partial charge in [0.25, 0.3) is 5.91 Å². The van der Waals surface area contributed by atoms with Crippen LogP contribution in [0.25, 0.3) is 10.9 Å². The lowest BCUT2D eigenvalue weighted by Gasteiger charge is -2.27. The Balaban J connectivity index is 1.18. The van der Waals surface area contributed by atoms with Crippen molar-refractivity contribution in [1.82, 2.24) is 25.0 Å². The van der Waals surface area contributed by atoms with Crippen molar-refractivity contribution in [2.75, 3.05) is 6.54 Å². The molecular formula is C24H24Cl2N6O4S. The number of hydrogen-bond donors (Lipinski definition) is 2. The number of nitrogens with two attached hydrogens (primary N) is 1. The molecule has 3 heterocycles. The van der Waals surface area contributed by atoms with Crippen LogP contribution in [0.4, 0.5) is 0 Å². The zero-order chi connectivity index (χ0) is 25.9. The SMILES string of the molecule is NC(=O)c1nn(CC(=O)N2[C@@H]3C[C@@H]3C[C@H]2C(=O)NCC2CC2(Cl)Cl)c2ccc(OCc3nccs3)cc12. The van der Waals surface area contributed by atoms with Gasteiger partial charge < -0.3 is 20.7 Å². The number of rotatable bonds is 9. The summed E-state index contributed by atoms with van der Waals surface area (Å²) in [5, 5.41) is 10.4. The first-order valence-corrected chi connectivity index (χ1v) is 13.6. The van der Waals surface area contributed by atoms with Crippen molar-refractivity contribution in [1.29, 1.82) is 0 Å². The number of halogens is 2. The first-order chi connectivity index (χ1) is 17.7. The van der Waals surface area contributed by atoms with Crippen molar-refractivity contribution >= 4 is 63.2 Å². The van der Waals surface area contributed by atoms with Gasteiger partial charge in [0.2, 0.25) is 11.8 Å². The van der Waals surface area contributed by atoms with E-state index < -0.39 is 16.3 Å². The van der Waals surface area contributed by atoms with Crippen LogP contribution in [0.3, 0.4) is 0 Å². The molecule has 2 saturated carbocycles. The number of aromatic nitrogens is 3. The Bertz CT molecular complexity index is 1390. The molecule has 0 radical (unpaired) electrons. The summed E-state index contributed by atoms with van der Waals surface area (Å²) in [5.74, 6) is -0.246. The van der Waals surface area contributed by atoms with Crippen LogP contribution < -0.4 is 15.8 Å². The molecule has 0 bridgehead atoms. The first kappa shape index (κ1) is 24.4. The van der Waals surface area contributed by atoms with E-state index in [1.807, 2.05) is 5.38 Å². The minimum absolute atomic E-state index is 0.0259. The van der Waals surface area contributed by atoms with Gasteiger partial charge in [0.05, 0.1) is 5.52 Å². The quantitative estimate of drug-likeness (QED) is 0.385. The first-order valence-electron chi connectivity index (χ1n) is 12.0. The van der Waals surface area contributed by atoms with E-state index in [1.165, 1.54) is 16.0 Å². The second-order valence-corrected chi connectivity index (χ2v) is 12.3. The molecule has 3 amide bonds. The van der Waals surface area contributed by atoms with Crippen molar-refractivity contribution in [3.63, 3.8) is 0 Å². The molecule has 2 aromatic heterocycles. The highest BCUT2D eigenvalue weighted by molar-refractivity contribution is 7.09. The van der Waals surface area contributed by atoms with E-state index >= 15 is 0 Å². The molecule has 194 valence electrons. The molecule has 3 aliphatic rings. The third-order valence-electron chi connectivity index (χ3n) is 7.26. The summed E-state index contributed by atoms with van der Waals surface area (Å²) in [6.07, 6.45) is 3.86. The van der Waals surface area contributed by atoms with E-state index in [0.717, 1.165) is 11.4 Å². The highest BCUT2D eigenvalue weighted by Crippen LogP contribution is 2.53. The maximum absolute atomic E-state index is 13.4. The average molecular weight is 563 g/mol. The normalized spacial score (nSPS) is 25.1. The van der Waals surface area contributed by atoms with Gasteiger partial charge in [0.1, 0.15) is 34.3 Å². The number of piperidine rings is 1. The van der Waals surface area contributed by atoms with Gasteiger partial charge >= 0.3 is 0 Å². The van der Waals surface area contributed by atoms with Crippen LogP contribution in [0.1, 0.15) is 34.8 Å². The van der Waals surface area contributed by atoms with Crippen LogP contribution >= 0.6 is 34.5 Å². The number of primary amides is 1. The third-order valence-corrected chi connectivity index (χ3v) is 8.94. The molecule has 1 aliphatic heterocycles. The standard InChI is InChI=1S/C24H24Cl2N6O4S/c25-24(26)8-13(24)9-29-23(35)18-6-12-5-17(12)32(18)20(33)10-31-16-2-1-14(36-11-19-28-3-4-37-19)7-15(16)21(30-31)22(27)34/h1-4,7,12-13,17-18H,5-6,8-11H2,(H2,27,34)(H,29,35)/t12-,13?,17-,18+/m1/s1. The number of nitrogens with zero attached hydrogens (tertiary/aromatic N) is 4. The summed E-state index contributed by atoms with van der Waals surface area (Å²) in [7, 11) is 0. The minimum atomic E-state index is -0.772. The highest BCUT2D eigenvalue weighted by Gasteiger charge is 2.56. The van der Waals surface area contributed by atoms with Gasteiger partial charge in [-0.1, -0.05) is 0 Å². The maximum atomic E-state index is 13.4. The summed E-state index contributed by atoms with van der Waals surface area (Å²) in [5.41, 5.74) is 6.22. The average Bonchev–Trinajstić information content (AvgIpc) is 3.47. The van der Waals surface area contributed by atoms with Gasteiger partial charge in [-0.25, -0.2) is 4.98 Å². The Hall–Kier alpha value is -2.89. The summed E-state index contributed by atoms with van der Waals surface area (Å²) in [6, 6.07) is 4.68. The summed E-state index contributed by atoms with van der Waals surface area (Å²) >= 11 is 13.6. The van der Waals surface area contributed by atoms with Gasteiger partial charge in [-0.05, 0) is 43.4 Å². The zero-order valence-corrected chi connectivity index (χ0v) is 21.9. The second kappa shape index (κ2) is 9.14. The van der Waals surface area contributed by atoms with Crippen molar-refractivity contribution in [2.45, 2.75) is 48.8 Å². The maximum Gasteiger partial charge on any atom is 0.269 e. The van der Waals surface area contributed by atoms with Crippen molar-refractivity contribution in [3.05, 3.63) is 40.5 Å². The molecule has 0 spiro atoms. The van der Waals surface area contributed by atoms with Gasteiger partial charge in [0.15, 0.2) is 5.69 Å². The van der Waals surface area contributed by atoms with Crippen molar-refractivity contribution < 1.29 is 19.1 Å². The molecule has 4 atom stereocenters. The Morgan fingerprint density at radius 3 is 2.78 bits per heavy atom. The van der Waals surface area contributed by atoms with Crippen molar-refractivity contribution in [2.24, 2.45) is 17.6 Å². The molecule has 1 aromatic carbocycles. The number of alkyl halides is 2. The van der Waals surface area contributed by atoms with E-state index in [4.69, 9.17) is 33.7 Å². The molecule has 3 fully saturated rings. The second-order valence-electron chi connectivity index (χ2n) is 9.79. The smallest absolute Gasteiger partial charge is 0.269 e. The number of nitrogens with one attached hydrogen (secondary N) is 1. The van der Waals surface area contributed by atoms with E-state index in [0.29, 0.717) is 48.6 Å². The van der Waals surface area contributed by atoms with E-state index in [-0.39, 0.29) is 36.0 Å². The van der Waals surface area contributed by atoms with E-state index in [9.17, 15) is 14.4 Å². The van der Waals surface area contributed by atoms with E-state index in [1.54, 1.807) is 29.3 Å². The third kappa shape index (κ3) is 4.75. The fraction of sp³-hybridized carbons (Fsp3) is 0.458. The number of thiazole rings is 1. The highest BCUT2D eigenvalue weighted by atomic mass is 35.5. The van der Waals surface area contributed by atoms with Gasteiger partial charge in [-0.15, -0.1) is 34.5 Å². The Labute approximate surface area is 226 Å². The van der Waals surface area contributed by atoms with Crippen LogP contribution in [0.15, 0.2) is 29.8 Å². The molecule has 13 heteroatoms. The Kier molecular flexibility index (Phi) is 6.04. The van der Waals surface area contributed by atoms with Crippen LogP contribution in [0, 0.1) is 11.8 Å². The number of likely N-dealkylation sites (tertiary alicyclic amines) is 1. The number of fused-ring (bicyclic) bond motifs is 2. The van der Waals surface area contributed by atoms with Crippen LogP contribution in [-0.2, 0) is 22.7 Å². The molecule has 1 unspecified atom stereocenters. The number of ether oxygens (including phenoxy) is 1. The molecule has 10 nitrogen and oxygen atoms in total. The Morgan fingerprint density at radius 2 is 2.08 bits per heavy atom. The summed E-state index contributed by atoms with van der Waals surface area (Å²) < 4.78 is 6.50. The van der Waals surface area contributed by atoms with Gasteiger partial charge in [-0.2, -0.15) is 5.10 Å². The van der Waals surface area contributed by atoms with Crippen molar-refractivity contribution in [3.8, 4) is 5.75 Å². The molecule has 37 heavy (non-hydrogen) atoms. The monoisotopic (exact) mass is 562 g/mol. The minimum Gasteiger partial charge on any atom is -0.486 e. The number of carbonyl (C=O) groups is 3. The predicted octanol–water partition coefficient (Wildman–Crippen LogP) is 2.47. The van der Waals surface area contributed by atoms with Gasteiger partial charge in [0, 0.05) is 35.5 Å². The predicted molar refractivity (Wildman–Crippen MR) is 137 cm³/mol. The van der Waals surface area contributed by atoms with Crippen LogP contribution in [-0.4, -0.2) is 60.3 Å².